The first-order valence-electron chi connectivity index (χ1n) is 5.13. The highest BCUT2D eigenvalue weighted by atomic mass is 35.5. The van der Waals surface area contributed by atoms with E-state index >= 15 is 0 Å². The molecule has 1 saturated carbocycles. The summed E-state index contributed by atoms with van der Waals surface area (Å²) in [6.07, 6.45) is 1.45. The second-order valence-electron chi connectivity index (χ2n) is 4.11. The van der Waals surface area contributed by atoms with E-state index in [0.717, 1.165) is 25.0 Å². The minimum absolute atomic E-state index is 0.0595. The molecule has 1 aromatic carbocycles. The van der Waals surface area contributed by atoms with Crippen LogP contribution in [0, 0.1) is 15.9 Å². The van der Waals surface area contributed by atoms with Gasteiger partial charge in [0.25, 0.3) is 5.69 Å². The molecule has 92 valence electrons. The maximum absolute atomic E-state index is 13.3. The Kier molecular flexibility index (Phi) is 3.17. The lowest BCUT2D eigenvalue weighted by atomic mass is 9.87. The molecule has 0 aromatic heterocycles. The van der Waals surface area contributed by atoms with E-state index in [1.54, 1.807) is 0 Å². The van der Waals surface area contributed by atoms with Crippen LogP contribution in [-0.2, 0) is 0 Å². The van der Waals surface area contributed by atoms with Gasteiger partial charge in [-0.3, -0.25) is 10.1 Å². The molecule has 2 rings (SSSR count). The van der Waals surface area contributed by atoms with Crippen LogP contribution in [0.3, 0.4) is 0 Å². The Morgan fingerprint density at radius 1 is 1.53 bits per heavy atom. The zero-order valence-electron chi connectivity index (χ0n) is 8.82. The fourth-order valence-electron chi connectivity index (χ4n) is 1.80. The number of nitrogens with one attached hydrogen (secondary N) is 1. The molecule has 0 unspecified atom stereocenters. The van der Waals surface area contributed by atoms with E-state index in [9.17, 15) is 14.5 Å². The van der Waals surface area contributed by atoms with Gasteiger partial charge in [-0.2, -0.15) is 0 Å². The van der Waals surface area contributed by atoms with Gasteiger partial charge in [-0.05, 0) is 12.8 Å². The predicted octanol–water partition coefficient (Wildman–Crippen LogP) is 2.29. The van der Waals surface area contributed by atoms with Gasteiger partial charge in [-0.25, -0.2) is 4.39 Å². The van der Waals surface area contributed by atoms with E-state index in [4.69, 9.17) is 17.3 Å². The zero-order chi connectivity index (χ0) is 12.6. The van der Waals surface area contributed by atoms with E-state index in [0.29, 0.717) is 0 Å². The summed E-state index contributed by atoms with van der Waals surface area (Å²) in [6.45, 7) is 0. The SMILES string of the molecule is NC1CC(Nc2cc(F)c(Cl)cc2[N+](=O)[O-])C1. The van der Waals surface area contributed by atoms with Crippen molar-refractivity contribution in [1.29, 1.82) is 0 Å². The minimum atomic E-state index is -0.677. The van der Waals surface area contributed by atoms with Gasteiger partial charge in [0.15, 0.2) is 0 Å². The zero-order valence-corrected chi connectivity index (χ0v) is 9.58. The Morgan fingerprint density at radius 2 is 2.18 bits per heavy atom. The molecule has 1 aliphatic carbocycles. The van der Waals surface area contributed by atoms with Gasteiger partial charge >= 0.3 is 0 Å². The average Bonchev–Trinajstić information content (AvgIpc) is 2.20. The molecule has 0 atom stereocenters. The molecule has 0 aliphatic heterocycles. The molecule has 0 amide bonds. The number of nitrogens with two attached hydrogens (primary N) is 1. The third-order valence-corrected chi connectivity index (χ3v) is 3.06. The molecule has 0 heterocycles. The first-order valence-corrected chi connectivity index (χ1v) is 5.50. The number of hydrogen-bond acceptors (Lipinski definition) is 4. The molecule has 7 heteroatoms. The maximum atomic E-state index is 13.3. The molecule has 0 spiro atoms. The fourth-order valence-corrected chi connectivity index (χ4v) is 1.96. The van der Waals surface area contributed by atoms with Gasteiger partial charge < -0.3 is 11.1 Å². The van der Waals surface area contributed by atoms with Gasteiger partial charge in [-0.15, -0.1) is 0 Å². The summed E-state index contributed by atoms with van der Waals surface area (Å²) < 4.78 is 13.3. The van der Waals surface area contributed by atoms with Crippen molar-refractivity contribution in [1.82, 2.24) is 0 Å². The van der Waals surface area contributed by atoms with Crippen molar-refractivity contribution in [2.45, 2.75) is 24.9 Å². The molecule has 5 nitrogen and oxygen atoms in total. The van der Waals surface area contributed by atoms with Crippen LogP contribution in [0.4, 0.5) is 15.8 Å². The first kappa shape index (κ1) is 12.1. The Balaban J connectivity index is 2.25. The van der Waals surface area contributed by atoms with Crippen molar-refractivity contribution < 1.29 is 9.31 Å². The molecule has 0 bridgehead atoms. The monoisotopic (exact) mass is 259 g/mol. The highest BCUT2D eigenvalue weighted by Crippen LogP contribution is 2.33. The maximum Gasteiger partial charge on any atom is 0.294 e. The lowest BCUT2D eigenvalue weighted by Gasteiger charge is -2.33. The van der Waals surface area contributed by atoms with Crippen molar-refractivity contribution in [2.24, 2.45) is 5.73 Å². The Morgan fingerprint density at radius 3 is 2.71 bits per heavy atom. The number of halogens is 2. The summed E-state index contributed by atoms with van der Waals surface area (Å²) in [7, 11) is 0. The lowest BCUT2D eigenvalue weighted by molar-refractivity contribution is -0.384. The van der Waals surface area contributed by atoms with Crippen molar-refractivity contribution in [3.8, 4) is 0 Å². The Hall–Kier alpha value is -1.40. The smallest absolute Gasteiger partial charge is 0.294 e. The van der Waals surface area contributed by atoms with Crippen LogP contribution in [0.15, 0.2) is 12.1 Å². The summed E-state index contributed by atoms with van der Waals surface area (Å²) in [4.78, 5) is 10.2. The summed E-state index contributed by atoms with van der Waals surface area (Å²) in [5.41, 5.74) is 5.53. The average molecular weight is 260 g/mol. The number of hydrogen-bond donors (Lipinski definition) is 2. The van der Waals surface area contributed by atoms with Crippen LogP contribution in [-0.4, -0.2) is 17.0 Å². The van der Waals surface area contributed by atoms with Crippen molar-refractivity contribution in [2.75, 3.05) is 5.32 Å². The highest BCUT2D eigenvalue weighted by molar-refractivity contribution is 6.31. The molecule has 1 aromatic rings. The predicted molar refractivity (Wildman–Crippen MR) is 62.7 cm³/mol. The lowest BCUT2D eigenvalue weighted by Crippen LogP contribution is -2.44. The van der Waals surface area contributed by atoms with E-state index < -0.39 is 10.7 Å². The quantitative estimate of drug-likeness (QED) is 0.645. The number of nitro groups is 1. The number of benzene rings is 1. The van der Waals surface area contributed by atoms with Crippen LogP contribution in [0.5, 0.6) is 0 Å². The molecule has 0 saturated heterocycles. The van der Waals surface area contributed by atoms with Crippen molar-refractivity contribution in [3.05, 3.63) is 33.1 Å². The van der Waals surface area contributed by atoms with Crippen LogP contribution in [0.2, 0.25) is 5.02 Å². The molecular formula is C10H11ClFN3O2. The third kappa shape index (κ3) is 2.48. The second-order valence-corrected chi connectivity index (χ2v) is 4.52. The van der Waals surface area contributed by atoms with Crippen LogP contribution in [0.25, 0.3) is 0 Å². The van der Waals surface area contributed by atoms with Crippen LogP contribution < -0.4 is 11.1 Å². The van der Waals surface area contributed by atoms with Crippen molar-refractivity contribution in [3.63, 3.8) is 0 Å². The summed E-state index contributed by atoms with van der Waals surface area (Å²) >= 11 is 5.51. The van der Waals surface area contributed by atoms with Crippen LogP contribution >= 0.6 is 11.6 Å². The molecule has 17 heavy (non-hydrogen) atoms. The van der Waals surface area contributed by atoms with E-state index in [-0.39, 0.29) is 28.5 Å². The third-order valence-electron chi connectivity index (χ3n) is 2.77. The highest BCUT2D eigenvalue weighted by Gasteiger charge is 2.28. The summed E-state index contributed by atoms with van der Waals surface area (Å²) in [5.74, 6) is -0.677. The fraction of sp³-hybridized carbons (Fsp3) is 0.400. The molecule has 3 N–H and O–H groups in total. The number of nitrogens with zero attached hydrogens (tertiary/aromatic N) is 1. The van der Waals surface area contributed by atoms with E-state index in [1.807, 2.05) is 0 Å². The van der Waals surface area contributed by atoms with E-state index in [1.165, 1.54) is 0 Å². The normalized spacial score (nSPS) is 23.0. The number of rotatable bonds is 3. The first-order chi connectivity index (χ1) is 7.97. The van der Waals surface area contributed by atoms with Crippen molar-refractivity contribution >= 4 is 23.0 Å². The number of nitro benzene ring substituents is 1. The van der Waals surface area contributed by atoms with Gasteiger partial charge in [0.2, 0.25) is 0 Å². The summed E-state index contributed by atoms with van der Waals surface area (Å²) in [5, 5.41) is 13.4. The minimum Gasteiger partial charge on any atom is -0.377 e. The van der Waals surface area contributed by atoms with Gasteiger partial charge in [0.1, 0.15) is 11.5 Å². The van der Waals surface area contributed by atoms with E-state index in [2.05, 4.69) is 5.32 Å². The second kappa shape index (κ2) is 4.46. The molecule has 0 radical (unpaired) electrons. The molecule has 1 fully saturated rings. The topological polar surface area (TPSA) is 81.2 Å². The van der Waals surface area contributed by atoms with Gasteiger partial charge in [-0.1, -0.05) is 11.6 Å². The molecular weight excluding hydrogens is 249 g/mol. The summed E-state index contributed by atoms with van der Waals surface area (Å²) in [6, 6.07) is 2.23. The standard InChI is InChI=1S/C10H11ClFN3O2/c11-7-3-10(15(16)17)9(4-8(7)12)14-6-1-5(13)2-6/h3-6,14H,1-2,13H2. The number of anilines is 1. The van der Waals surface area contributed by atoms with Crippen LogP contribution in [0.1, 0.15) is 12.8 Å². The van der Waals surface area contributed by atoms with Gasteiger partial charge in [0.05, 0.1) is 9.95 Å². The largest absolute Gasteiger partial charge is 0.377 e. The Bertz CT molecular complexity index is 463. The van der Waals surface area contributed by atoms with Gasteiger partial charge in [0, 0.05) is 24.2 Å². The molecule has 1 aliphatic rings. The Labute approximate surface area is 102 Å².